The first-order valence-electron chi connectivity index (χ1n) is 8.78. The Balaban J connectivity index is 1.85. The molecule has 0 amide bonds. The first-order chi connectivity index (χ1) is 13.3. The van der Waals surface area contributed by atoms with Crippen LogP contribution in [0.25, 0.3) is 22.2 Å². The standard InChI is InChI=1S/C19H20N4O5/c1-12(2)28-18(25)8-9-20-19-21-23(27)17-11-14(6-7-16(17)22(19)26)13-4-3-5-15(24)10-13/h3-7,10-12,26H,8-9H2,1-2H3,(H-,20,21,24,27)/p+2. The molecule has 3 rings (SSSR count). The minimum absolute atomic E-state index is 0.0301. The molecule has 0 aliphatic carbocycles. The van der Waals surface area contributed by atoms with Crippen LogP contribution < -0.4 is 14.9 Å². The maximum Gasteiger partial charge on any atom is 0.500 e. The third kappa shape index (κ3) is 4.20. The Labute approximate surface area is 161 Å². The van der Waals surface area contributed by atoms with E-state index in [0.29, 0.717) is 10.4 Å². The Morgan fingerprint density at radius 1 is 1.14 bits per heavy atom. The van der Waals surface area contributed by atoms with Crippen LogP contribution in [0.3, 0.4) is 0 Å². The van der Waals surface area contributed by atoms with Crippen LogP contribution in [0.1, 0.15) is 20.3 Å². The number of carbonyl (C=O) groups is 1. The number of benzene rings is 2. The van der Waals surface area contributed by atoms with Crippen LogP contribution in [0.4, 0.5) is 5.95 Å². The van der Waals surface area contributed by atoms with Crippen molar-refractivity contribution in [3.63, 3.8) is 0 Å². The molecule has 9 heteroatoms. The largest absolute Gasteiger partial charge is 0.508 e. The van der Waals surface area contributed by atoms with Crippen molar-refractivity contribution in [1.29, 1.82) is 0 Å². The van der Waals surface area contributed by atoms with Crippen molar-refractivity contribution in [3.05, 3.63) is 42.5 Å². The maximum atomic E-state index is 11.6. The molecule has 1 heterocycles. The van der Waals surface area contributed by atoms with Gasteiger partial charge in [-0.2, -0.15) is 0 Å². The molecule has 0 aliphatic heterocycles. The number of aromatic hydroxyl groups is 1. The summed E-state index contributed by atoms with van der Waals surface area (Å²) in [5, 5.41) is 36.9. The number of hydrogen-bond donors (Lipinski definition) is 4. The molecular formula is C19H22N4O5+2. The summed E-state index contributed by atoms with van der Waals surface area (Å²) in [6.07, 6.45) is -0.117. The Morgan fingerprint density at radius 3 is 2.61 bits per heavy atom. The molecule has 4 N–H and O–H groups in total. The van der Waals surface area contributed by atoms with E-state index in [9.17, 15) is 20.3 Å². The molecule has 0 atom stereocenters. The van der Waals surface area contributed by atoms with Crippen molar-refractivity contribution in [2.75, 3.05) is 11.9 Å². The van der Waals surface area contributed by atoms with Gasteiger partial charge in [-0.1, -0.05) is 18.2 Å². The number of fused-ring (bicyclic) bond motifs is 1. The van der Waals surface area contributed by atoms with Crippen molar-refractivity contribution >= 4 is 23.0 Å². The summed E-state index contributed by atoms with van der Waals surface area (Å²) < 4.78 is 5.83. The molecule has 0 saturated carbocycles. The predicted octanol–water partition coefficient (Wildman–Crippen LogP) is 1.41. The molecule has 0 spiro atoms. The van der Waals surface area contributed by atoms with E-state index in [1.165, 1.54) is 0 Å². The SMILES string of the molecule is CC(C)OC(=O)CCNc1n[n+](O)c2cc(-c3cccc(O)c3)ccc2[n+]1O. The van der Waals surface area contributed by atoms with Gasteiger partial charge in [0.1, 0.15) is 5.75 Å². The molecule has 28 heavy (non-hydrogen) atoms. The summed E-state index contributed by atoms with van der Waals surface area (Å²) in [7, 11) is 0. The van der Waals surface area contributed by atoms with Gasteiger partial charge >= 0.3 is 17.4 Å². The van der Waals surface area contributed by atoms with Crippen molar-refractivity contribution in [2.45, 2.75) is 26.4 Å². The van der Waals surface area contributed by atoms with Crippen LogP contribution in [0.15, 0.2) is 42.5 Å². The lowest BCUT2D eigenvalue weighted by Gasteiger charge is -2.06. The summed E-state index contributed by atoms with van der Waals surface area (Å²) >= 11 is 0. The van der Waals surface area contributed by atoms with Gasteiger partial charge in [0, 0.05) is 6.07 Å². The van der Waals surface area contributed by atoms with Crippen LogP contribution in [-0.4, -0.2) is 39.2 Å². The zero-order chi connectivity index (χ0) is 20.3. The van der Waals surface area contributed by atoms with Gasteiger partial charge in [-0.25, -0.2) is 5.21 Å². The van der Waals surface area contributed by atoms with Gasteiger partial charge in [-0.3, -0.25) is 10.1 Å². The van der Waals surface area contributed by atoms with Crippen molar-refractivity contribution in [1.82, 2.24) is 5.10 Å². The van der Waals surface area contributed by atoms with E-state index in [1.807, 2.05) is 6.07 Å². The monoisotopic (exact) mass is 386 g/mol. The van der Waals surface area contributed by atoms with Crippen molar-refractivity contribution in [3.8, 4) is 16.9 Å². The van der Waals surface area contributed by atoms with Gasteiger partial charge in [0.15, 0.2) is 0 Å². The van der Waals surface area contributed by atoms with Crippen molar-refractivity contribution < 1.29 is 34.6 Å². The van der Waals surface area contributed by atoms with Gasteiger partial charge in [0.05, 0.1) is 19.1 Å². The number of phenolic OH excluding ortho intramolecular Hbond substituents is 1. The molecule has 0 unspecified atom stereocenters. The number of hydrogen-bond acceptors (Lipinski definition) is 7. The number of nitrogens with one attached hydrogen (secondary N) is 1. The fourth-order valence-electron chi connectivity index (χ4n) is 2.74. The molecule has 3 aromatic rings. The smallest absolute Gasteiger partial charge is 0.500 e. The number of anilines is 1. The molecule has 0 fully saturated rings. The zero-order valence-corrected chi connectivity index (χ0v) is 15.5. The van der Waals surface area contributed by atoms with E-state index in [0.717, 1.165) is 15.9 Å². The molecule has 0 aliphatic rings. The second kappa shape index (κ2) is 7.95. The zero-order valence-electron chi connectivity index (χ0n) is 15.5. The Hall–Kier alpha value is -3.62. The molecular weight excluding hydrogens is 364 g/mol. The lowest BCUT2D eigenvalue weighted by molar-refractivity contribution is -0.950. The Bertz CT molecular complexity index is 1020. The third-order valence-corrected chi connectivity index (χ3v) is 3.97. The van der Waals surface area contributed by atoms with Gasteiger partial charge in [-0.05, 0) is 47.9 Å². The average molecular weight is 386 g/mol. The number of ether oxygens (including phenoxy) is 1. The quantitative estimate of drug-likeness (QED) is 0.287. The number of nitrogens with zero attached hydrogens (tertiary/aromatic N) is 3. The third-order valence-electron chi connectivity index (χ3n) is 3.97. The predicted molar refractivity (Wildman–Crippen MR) is 97.9 cm³/mol. The van der Waals surface area contributed by atoms with Crippen LogP contribution in [0.2, 0.25) is 0 Å². The molecule has 0 radical (unpaired) electrons. The number of aromatic nitrogens is 3. The lowest BCUT2D eigenvalue weighted by atomic mass is 10.0. The molecule has 0 saturated heterocycles. The lowest BCUT2D eigenvalue weighted by Crippen LogP contribution is -2.47. The summed E-state index contributed by atoms with van der Waals surface area (Å²) in [6, 6.07) is 11.7. The van der Waals surface area contributed by atoms with E-state index in [2.05, 4.69) is 10.4 Å². The number of carbonyl (C=O) groups excluding carboxylic acids is 1. The second-order valence-corrected chi connectivity index (χ2v) is 6.49. The first-order valence-corrected chi connectivity index (χ1v) is 8.78. The molecule has 0 bridgehead atoms. The highest BCUT2D eigenvalue weighted by atomic mass is 16.5. The molecule has 146 valence electrons. The highest BCUT2D eigenvalue weighted by Gasteiger charge is 2.28. The van der Waals surface area contributed by atoms with Crippen molar-refractivity contribution in [2.24, 2.45) is 0 Å². The number of esters is 1. The highest BCUT2D eigenvalue weighted by molar-refractivity contribution is 5.77. The van der Waals surface area contributed by atoms with Crippen LogP contribution in [0.5, 0.6) is 5.75 Å². The summed E-state index contributed by atoms with van der Waals surface area (Å²) in [5.41, 5.74) is 2.03. The fourth-order valence-corrected chi connectivity index (χ4v) is 2.74. The number of rotatable bonds is 6. The first kappa shape index (κ1) is 19.2. The molecule has 2 aromatic carbocycles. The van der Waals surface area contributed by atoms with Gasteiger partial charge in [0.2, 0.25) is 10.4 Å². The van der Waals surface area contributed by atoms with Crippen LogP contribution in [-0.2, 0) is 9.53 Å². The second-order valence-electron chi connectivity index (χ2n) is 6.49. The average Bonchev–Trinajstić information content (AvgIpc) is 2.64. The Kier molecular flexibility index (Phi) is 5.44. The van der Waals surface area contributed by atoms with E-state index in [-0.39, 0.29) is 42.3 Å². The number of phenols is 1. The van der Waals surface area contributed by atoms with Gasteiger partial charge in [-0.15, -0.1) is 0 Å². The van der Waals surface area contributed by atoms with Gasteiger partial charge in [0.25, 0.3) is 5.10 Å². The summed E-state index contributed by atoms with van der Waals surface area (Å²) in [6.45, 7) is 3.70. The Morgan fingerprint density at radius 2 is 1.89 bits per heavy atom. The van der Waals surface area contributed by atoms with Gasteiger partial charge < -0.3 is 15.1 Å². The van der Waals surface area contributed by atoms with E-state index < -0.39 is 0 Å². The topological polar surface area (TPSA) is 120 Å². The van der Waals surface area contributed by atoms with Crippen LogP contribution >= 0.6 is 0 Å². The molecule has 9 nitrogen and oxygen atoms in total. The van der Waals surface area contributed by atoms with E-state index >= 15 is 0 Å². The van der Waals surface area contributed by atoms with Crippen LogP contribution in [0, 0.1) is 0 Å². The normalized spacial score (nSPS) is 11.0. The highest BCUT2D eigenvalue weighted by Crippen LogP contribution is 2.24. The summed E-state index contributed by atoms with van der Waals surface area (Å²) in [4.78, 5) is 12.2. The minimum Gasteiger partial charge on any atom is -0.508 e. The summed E-state index contributed by atoms with van der Waals surface area (Å²) in [5.74, 6) is -0.279. The maximum absolute atomic E-state index is 11.6. The minimum atomic E-state index is -0.375. The van der Waals surface area contributed by atoms with E-state index in [1.54, 1.807) is 50.2 Å². The van der Waals surface area contributed by atoms with E-state index in [4.69, 9.17) is 4.74 Å². The molecule has 1 aromatic heterocycles. The fraction of sp³-hybridized carbons (Fsp3) is 0.263.